The van der Waals surface area contributed by atoms with Crippen LogP contribution in [0, 0.1) is 0 Å². The minimum atomic E-state index is -4.55. The van der Waals surface area contributed by atoms with Gasteiger partial charge in [-0.05, 0) is 48.9 Å². The van der Waals surface area contributed by atoms with E-state index in [2.05, 4.69) is 15.8 Å². The predicted molar refractivity (Wildman–Crippen MR) is 131 cm³/mol. The van der Waals surface area contributed by atoms with Crippen LogP contribution in [-0.4, -0.2) is 30.6 Å². The lowest BCUT2D eigenvalue weighted by Crippen LogP contribution is -2.36. The number of oxime groups is 1. The topological polar surface area (TPSA) is 79.8 Å². The number of benzene rings is 3. The number of likely N-dealkylation sites (N-methyl/N-ethyl adjacent to an activating group) is 1. The standard InChI is InChI=1S/C26H23ClF3N3O3/c1-3-31-23(34)14-32-24(35)21-9-8-20(18-6-4-5-7-19(18)21)22-13-25(2,36-33-22)15-10-16(26(28,29)30)12-17(27)11-15/h4-12H,3,13-14H2,1-2H3,(H,31,34)(H,32,35)/t25-/m0/s1. The molecule has 6 nitrogen and oxygen atoms in total. The molecule has 0 aromatic heterocycles. The molecule has 0 unspecified atom stereocenters. The molecule has 1 atom stereocenters. The lowest BCUT2D eigenvalue weighted by Gasteiger charge is -2.23. The molecule has 0 saturated carbocycles. The molecule has 3 aromatic carbocycles. The number of hydrogen-bond donors (Lipinski definition) is 2. The lowest BCUT2D eigenvalue weighted by molar-refractivity contribution is -0.137. The summed E-state index contributed by atoms with van der Waals surface area (Å²) in [6, 6.07) is 13.9. The van der Waals surface area contributed by atoms with Gasteiger partial charge in [0.1, 0.15) is 0 Å². The molecule has 1 aliphatic rings. The molecule has 2 N–H and O–H groups in total. The first-order chi connectivity index (χ1) is 17.0. The average Bonchev–Trinajstić information content (AvgIpc) is 3.24. The van der Waals surface area contributed by atoms with Gasteiger partial charge in [0, 0.05) is 34.7 Å². The number of carbonyl (C=O) groups is 2. The van der Waals surface area contributed by atoms with E-state index in [0.717, 1.165) is 17.5 Å². The first-order valence-electron chi connectivity index (χ1n) is 11.2. The molecule has 0 fully saturated rings. The van der Waals surface area contributed by atoms with Crippen LogP contribution in [0.3, 0.4) is 0 Å². The Labute approximate surface area is 210 Å². The molecule has 0 spiro atoms. The second-order valence-electron chi connectivity index (χ2n) is 8.61. The number of amides is 2. The molecule has 0 radical (unpaired) electrons. The van der Waals surface area contributed by atoms with E-state index >= 15 is 0 Å². The maximum absolute atomic E-state index is 13.3. The van der Waals surface area contributed by atoms with Gasteiger partial charge in [-0.25, -0.2) is 0 Å². The normalized spacial score (nSPS) is 17.4. The Kier molecular flexibility index (Phi) is 6.95. The third-order valence-corrected chi connectivity index (χ3v) is 6.18. The van der Waals surface area contributed by atoms with E-state index in [1.54, 1.807) is 38.1 Å². The number of alkyl halides is 3. The van der Waals surface area contributed by atoms with Gasteiger partial charge in [0.2, 0.25) is 5.91 Å². The van der Waals surface area contributed by atoms with Crippen molar-refractivity contribution >= 4 is 39.9 Å². The molecule has 0 aliphatic carbocycles. The Bertz CT molecular complexity index is 1370. The maximum Gasteiger partial charge on any atom is 0.416 e. The number of fused-ring (bicyclic) bond motifs is 1. The van der Waals surface area contributed by atoms with Crippen LogP contribution in [0.15, 0.2) is 59.8 Å². The van der Waals surface area contributed by atoms with Crippen molar-refractivity contribution in [2.45, 2.75) is 32.0 Å². The zero-order chi connectivity index (χ0) is 26.1. The Balaban J connectivity index is 1.64. The summed E-state index contributed by atoms with van der Waals surface area (Å²) >= 11 is 5.98. The van der Waals surface area contributed by atoms with Crippen LogP contribution in [0.1, 0.15) is 47.3 Å². The number of rotatable bonds is 6. The molecule has 10 heteroatoms. The molecule has 36 heavy (non-hydrogen) atoms. The minimum absolute atomic E-state index is 0.0495. The number of hydrogen-bond acceptors (Lipinski definition) is 4. The molecule has 2 amide bonds. The maximum atomic E-state index is 13.3. The van der Waals surface area contributed by atoms with Crippen LogP contribution in [0.4, 0.5) is 13.2 Å². The van der Waals surface area contributed by atoms with Crippen LogP contribution in [-0.2, 0) is 21.4 Å². The van der Waals surface area contributed by atoms with Crippen LogP contribution >= 0.6 is 11.6 Å². The van der Waals surface area contributed by atoms with E-state index < -0.39 is 23.2 Å². The molecule has 3 aromatic rings. The molecule has 0 saturated heterocycles. The van der Waals surface area contributed by atoms with Gasteiger partial charge >= 0.3 is 6.18 Å². The highest BCUT2D eigenvalue weighted by Crippen LogP contribution is 2.41. The molecular weight excluding hydrogens is 495 g/mol. The summed E-state index contributed by atoms with van der Waals surface area (Å²) in [5.41, 5.74) is -0.178. The van der Waals surface area contributed by atoms with E-state index in [0.29, 0.717) is 28.8 Å². The van der Waals surface area contributed by atoms with Gasteiger partial charge in [-0.2, -0.15) is 13.2 Å². The summed E-state index contributed by atoms with van der Waals surface area (Å²) in [6.07, 6.45) is -4.36. The van der Waals surface area contributed by atoms with Gasteiger partial charge in [-0.15, -0.1) is 0 Å². The van der Waals surface area contributed by atoms with E-state index in [9.17, 15) is 22.8 Å². The van der Waals surface area contributed by atoms with E-state index in [1.165, 1.54) is 6.07 Å². The smallest absolute Gasteiger partial charge is 0.384 e. The number of nitrogens with zero attached hydrogens (tertiary/aromatic N) is 1. The predicted octanol–water partition coefficient (Wildman–Crippen LogP) is 5.42. The van der Waals surface area contributed by atoms with Crippen molar-refractivity contribution in [1.82, 2.24) is 10.6 Å². The second-order valence-corrected chi connectivity index (χ2v) is 9.04. The van der Waals surface area contributed by atoms with Gasteiger partial charge in [-0.3, -0.25) is 9.59 Å². The highest BCUT2D eigenvalue weighted by molar-refractivity contribution is 6.30. The van der Waals surface area contributed by atoms with Crippen LogP contribution in [0.2, 0.25) is 5.02 Å². The Hall–Kier alpha value is -3.59. The fourth-order valence-corrected chi connectivity index (χ4v) is 4.40. The number of carbonyl (C=O) groups excluding carboxylic acids is 2. The third kappa shape index (κ3) is 5.16. The van der Waals surface area contributed by atoms with Crippen molar-refractivity contribution in [1.29, 1.82) is 0 Å². The van der Waals surface area contributed by atoms with Crippen LogP contribution in [0.25, 0.3) is 10.8 Å². The van der Waals surface area contributed by atoms with Gasteiger partial charge < -0.3 is 15.5 Å². The largest absolute Gasteiger partial charge is 0.416 e. The zero-order valence-electron chi connectivity index (χ0n) is 19.5. The highest BCUT2D eigenvalue weighted by Gasteiger charge is 2.40. The zero-order valence-corrected chi connectivity index (χ0v) is 20.3. The molecular formula is C26H23ClF3N3O3. The van der Waals surface area contributed by atoms with Crippen molar-refractivity contribution in [2.75, 3.05) is 13.1 Å². The number of halogens is 4. The van der Waals surface area contributed by atoms with Crippen molar-refractivity contribution in [3.05, 3.63) is 81.9 Å². The fourth-order valence-electron chi connectivity index (χ4n) is 4.16. The van der Waals surface area contributed by atoms with Crippen molar-refractivity contribution < 1.29 is 27.6 Å². The summed E-state index contributed by atoms with van der Waals surface area (Å²) in [5.74, 6) is -0.699. The molecule has 4 rings (SSSR count). The molecule has 1 aliphatic heterocycles. The van der Waals surface area contributed by atoms with Gasteiger partial charge in [0.25, 0.3) is 5.91 Å². The summed E-state index contributed by atoms with van der Waals surface area (Å²) in [6.45, 7) is 3.75. The summed E-state index contributed by atoms with van der Waals surface area (Å²) in [4.78, 5) is 30.2. The minimum Gasteiger partial charge on any atom is -0.384 e. The van der Waals surface area contributed by atoms with E-state index in [4.69, 9.17) is 16.4 Å². The average molecular weight is 518 g/mol. The van der Waals surface area contributed by atoms with Crippen molar-refractivity contribution in [2.24, 2.45) is 5.16 Å². The molecule has 188 valence electrons. The third-order valence-electron chi connectivity index (χ3n) is 5.96. The van der Waals surface area contributed by atoms with Crippen LogP contribution < -0.4 is 10.6 Å². The van der Waals surface area contributed by atoms with Crippen molar-refractivity contribution in [3.8, 4) is 0 Å². The Morgan fingerprint density at radius 1 is 1.08 bits per heavy atom. The quantitative estimate of drug-likeness (QED) is 0.458. The van der Waals surface area contributed by atoms with Gasteiger partial charge in [-0.1, -0.05) is 47.1 Å². The Morgan fingerprint density at radius 3 is 2.50 bits per heavy atom. The van der Waals surface area contributed by atoms with Crippen LogP contribution in [0.5, 0.6) is 0 Å². The highest BCUT2D eigenvalue weighted by atomic mass is 35.5. The van der Waals surface area contributed by atoms with Crippen molar-refractivity contribution in [3.63, 3.8) is 0 Å². The van der Waals surface area contributed by atoms with Gasteiger partial charge in [0.05, 0.1) is 17.8 Å². The summed E-state index contributed by atoms with van der Waals surface area (Å²) in [5, 5.41) is 10.7. The van der Waals surface area contributed by atoms with Gasteiger partial charge in [0.15, 0.2) is 5.60 Å². The second kappa shape index (κ2) is 9.81. The summed E-state index contributed by atoms with van der Waals surface area (Å²) < 4.78 is 40.0. The lowest BCUT2D eigenvalue weighted by atomic mass is 9.86. The number of nitrogens with one attached hydrogen (secondary N) is 2. The molecule has 0 bridgehead atoms. The first-order valence-corrected chi connectivity index (χ1v) is 11.6. The van der Waals surface area contributed by atoms with E-state index in [1.807, 2.05) is 12.1 Å². The first kappa shape index (κ1) is 25.5. The van der Waals surface area contributed by atoms with E-state index in [-0.39, 0.29) is 29.5 Å². The summed E-state index contributed by atoms with van der Waals surface area (Å²) in [7, 11) is 0. The SMILES string of the molecule is CCNC(=O)CNC(=O)c1ccc(C2=NO[C@](C)(c3cc(Cl)cc(C(F)(F)F)c3)C2)c2ccccc12. The Morgan fingerprint density at radius 2 is 1.81 bits per heavy atom. The molecule has 1 heterocycles. The fraction of sp³-hybridized carbons (Fsp3) is 0.269. The monoisotopic (exact) mass is 517 g/mol.